The van der Waals surface area contributed by atoms with Crippen molar-refractivity contribution in [1.29, 1.82) is 0 Å². The number of furan rings is 1. The number of piperidine rings is 1. The van der Waals surface area contributed by atoms with Gasteiger partial charge in [-0.2, -0.15) is 0 Å². The first-order valence-corrected chi connectivity index (χ1v) is 5.72. The predicted octanol–water partition coefficient (Wildman–Crippen LogP) is 0.926. The highest BCUT2D eigenvalue weighted by Gasteiger charge is 2.28. The minimum atomic E-state index is -0.272. The quantitative estimate of drug-likeness (QED) is 0.829. The van der Waals surface area contributed by atoms with Crippen molar-refractivity contribution in [1.82, 2.24) is 4.90 Å². The van der Waals surface area contributed by atoms with E-state index in [0.29, 0.717) is 31.7 Å². The molecule has 0 bridgehead atoms. The van der Waals surface area contributed by atoms with Crippen LogP contribution in [0.5, 0.6) is 0 Å². The Labute approximate surface area is 99.6 Å². The molecule has 1 saturated heterocycles. The molecule has 1 fully saturated rings. The van der Waals surface area contributed by atoms with Crippen molar-refractivity contribution in [2.75, 3.05) is 13.1 Å². The topological polar surface area (TPSA) is 76.5 Å². The lowest BCUT2D eigenvalue weighted by Gasteiger charge is -2.30. The number of primary amides is 1. The van der Waals surface area contributed by atoms with Crippen molar-refractivity contribution in [2.45, 2.75) is 19.8 Å². The highest BCUT2D eigenvalue weighted by atomic mass is 16.3. The fourth-order valence-electron chi connectivity index (χ4n) is 2.10. The Morgan fingerprint density at radius 2 is 2.06 bits per heavy atom. The fraction of sp³-hybridized carbons (Fsp3) is 0.500. The number of likely N-dealkylation sites (tertiary alicyclic amines) is 1. The molecule has 0 atom stereocenters. The molecule has 1 aliphatic rings. The lowest BCUT2D eigenvalue weighted by Crippen LogP contribution is -2.41. The average molecular weight is 236 g/mol. The van der Waals surface area contributed by atoms with Gasteiger partial charge in [-0.15, -0.1) is 0 Å². The smallest absolute Gasteiger partial charge is 0.289 e. The SMILES string of the molecule is Cc1ccoc1C(=O)N1CCC(C(N)=O)CC1. The third-order valence-electron chi connectivity index (χ3n) is 3.24. The monoisotopic (exact) mass is 236 g/mol. The molecule has 5 heteroatoms. The van der Waals surface area contributed by atoms with Gasteiger partial charge in [-0.25, -0.2) is 0 Å². The van der Waals surface area contributed by atoms with Crippen molar-refractivity contribution in [2.24, 2.45) is 11.7 Å². The zero-order valence-electron chi connectivity index (χ0n) is 9.81. The first-order chi connectivity index (χ1) is 8.09. The van der Waals surface area contributed by atoms with Crippen LogP contribution in [-0.2, 0) is 4.79 Å². The summed E-state index contributed by atoms with van der Waals surface area (Å²) in [6.07, 6.45) is 2.79. The molecule has 0 aromatic carbocycles. The summed E-state index contributed by atoms with van der Waals surface area (Å²) in [7, 11) is 0. The average Bonchev–Trinajstić information content (AvgIpc) is 2.74. The Morgan fingerprint density at radius 3 is 2.53 bits per heavy atom. The zero-order chi connectivity index (χ0) is 12.4. The van der Waals surface area contributed by atoms with Gasteiger partial charge in [0.2, 0.25) is 5.91 Å². The minimum absolute atomic E-state index is 0.100. The molecule has 1 aromatic rings. The summed E-state index contributed by atoms with van der Waals surface area (Å²) >= 11 is 0. The van der Waals surface area contributed by atoms with E-state index in [4.69, 9.17) is 10.2 Å². The maximum absolute atomic E-state index is 12.1. The van der Waals surface area contributed by atoms with E-state index in [1.165, 1.54) is 6.26 Å². The van der Waals surface area contributed by atoms with E-state index in [1.807, 2.05) is 6.92 Å². The summed E-state index contributed by atoms with van der Waals surface area (Å²) in [4.78, 5) is 24.8. The second-order valence-electron chi connectivity index (χ2n) is 4.40. The molecule has 0 spiro atoms. The van der Waals surface area contributed by atoms with Gasteiger partial charge < -0.3 is 15.1 Å². The van der Waals surface area contributed by atoms with Crippen LogP contribution in [0.3, 0.4) is 0 Å². The molecule has 92 valence electrons. The van der Waals surface area contributed by atoms with Crippen LogP contribution in [0.25, 0.3) is 0 Å². The lowest BCUT2D eigenvalue weighted by molar-refractivity contribution is -0.123. The summed E-state index contributed by atoms with van der Waals surface area (Å²) in [5.74, 6) is -0.0824. The number of hydrogen-bond acceptors (Lipinski definition) is 3. The summed E-state index contributed by atoms with van der Waals surface area (Å²) in [6.45, 7) is 2.96. The molecule has 17 heavy (non-hydrogen) atoms. The van der Waals surface area contributed by atoms with E-state index in [2.05, 4.69) is 0 Å². The number of hydrogen-bond donors (Lipinski definition) is 1. The van der Waals surface area contributed by atoms with Crippen molar-refractivity contribution in [3.63, 3.8) is 0 Å². The Morgan fingerprint density at radius 1 is 1.41 bits per heavy atom. The summed E-state index contributed by atoms with van der Waals surface area (Å²) in [5.41, 5.74) is 6.09. The molecule has 5 nitrogen and oxygen atoms in total. The third kappa shape index (κ3) is 2.33. The van der Waals surface area contributed by atoms with E-state index >= 15 is 0 Å². The molecule has 0 unspecified atom stereocenters. The van der Waals surface area contributed by atoms with Gasteiger partial charge in [-0.1, -0.05) is 0 Å². The Hall–Kier alpha value is -1.78. The maximum Gasteiger partial charge on any atom is 0.289 e. The second-order valence-corrected chi connectivity index (χ2v) is 4.40. The van der Waals surface area contributed by atoms with Crippen LogP contribution in [-0.4, -0.2) is 29.8 Å². The molecular formula is C12H16N2O3. The van der Waals surface area contributed by atoms with Crippen molar-refractivity contribution in [3.05, 3.63) is 23.7 Å². The summed E-state index contributed by atoms with van der Waals surface area (Å²) in [6, 6.07) is 1.77. The maximum atomic E-state index is 12.1. The Bertz CT molecular complexity index is 431. The largest absolute Gasteiger partial charge is 0.459 e. The van der Waals surface area contributed by atoms with Gasteiger partial charge in [-0.3, -0.25) is 9.59 Å². The highest BCUT2D eigenvalue weighted by molar-refractivity contribution is 5.93. The highest BCUT2D eigenvalue weighted by Crippen LogP contribution is 2.20. The molecular weight excluding hydrogens is 220 g/mol. The lowest BCUT2D eigenvalue weighted by atomic mass is 9.96. The minimum Gasteiger partial charge on any atom is -0.459 e. The number of nitrogens with two attached hydrogens (primary N) is 1. The number of rotatable bonds is 2. The molecule has 0 aliphatic carbocycles. The molecule has 2 amide bonds. The van der Waals surface area contributed by atoms with Crippen LogP contribution in [0.15, 0.2) is 16.7 Å². The van der Waals surface area contributed by atoms with Crippen LogP contribution in [0.1, 0.15) is 29.0 Å². The van der Waals surface area contributed by atoms with Crippen molar-refractivity contribution in [3.8, 4) is 0 Å². The predicted molar refractivity (Wildman–Crippen MR) is 61.3 cm³/mol. The number of aryl methyl sites for hydroxylation is 1. The molecule has 0 radical (unpaired) electrons. The van der Waals surface area contributed by atoms with Crippen LogP contribution in [0, 0.1) is 12.8 Å². The molecule has 2 N–H and O–H groups in total. The number of carbonyl (C=O) groups excluding carboxylic acids is 2. The molecule has 2 heterocycles. The van der Waals surface area contributed by atoms with Gasteiger partial charge in [-0.05, 0) is 25.8 Å². The standard InChI is InChI=1S/C12H16N2O3/c1-8-4-7-17-10(8)12(16)14-5-2-9(3-6-14)11(13)15/h4,7,9H,2-3,5-6H2,1H3,(H2,13,15). The van der Waals surface area contributed by atoms with Crippen LogP contribution >= 0.6 is 0 Å². The molecule has 1 aliphatic heterocycles. The number of carbonyl (C=O) groups is 2. The van der Waals surface area contributed by atoms with Crippen LogP contribution < -0.4 is 5.73 Å². The van der Waals surface area contributed by atoms with Gasteiger partial charge in [0, 0.05) is 24.6 Å². The van der Waals surface area contributed by atoms with E-state index in [-0.39, 0.29) is 17.7 Å². The first-order valence-electron chi connectivity index (χ1n) is 5.72. The Balaban J connectivity index is 2.00. The molecule has 2 rings (SSSR count). The van der Waals surface area contributed by atoms with Gasteiger partial charge in [0.25, 0.3) is 5.91 Å². The van der Waals surface area contributed by atoms with Crippen LogP contribution in [0.4, 0.5) is 0 Å². The van der Waals surface area contributed by atoms with Gasteiger partial charge in [0.15, 0.2) is 5.76 Å². The van der Waals surface area contributed by atoms with Crippen molar-refractivity contribution >= 4 is 11.8 Å². The molecule has 0 saturated carbocycles. The first kappa shape index (κ1) is 11.7. The van der Waals surface area contributed by atoms with E-state index in [0.717, 1.165) is 5.56 Å². The summed E-state index contributed by atoms with van der Waals surface area (Å²) < 4.78 is 5.17. The van der Waals surface area contributed by atoms with Gasteiger partial charge >= 0.3 is 0 Å². The Kier molecular flexibility index (Phi) is 3.17. The number of nitrogens with zero attached hydrogens (tertiary/aromatic N) is 1. The third-order valence-corrected chi connectivity index (χ3v) is 3.24. The van der Waals surface area contributed by atoms with E-state index < -0.39 is 0 Å². The summed E-state index contributed by atoms with van der Waals surface area (Å²) in [5, 5.41) is 0. The normalized spacial score (nSPS) is 17.1. The van der Waals surface area contributed by atoms with E-state index in [1.54, 1.807) is 11.0 Å². The van der Waals surface area contributed by atoms with Gasteiger partial charge in [0.05, 0.1) is 6.26 Å². The second kappa shape index (κ2) is 4.61. The molecule has 1 aromatic heterocycles. The fourth-order valence-corrected chi connectivity index (χ4v) is 2.10. The van der Waals surface area contributed by atoms with Crippen LogP contribution in [0.2, 0.25) is 0 Å². The van der Waals surface area contributed by atoms with Crippen molar-refractivity contribution < 1.29 is 14.0 Å². The van der Waals surface area contributed by atoms with Gasteiger partial charge in [0.1, 0.15) is 0 Å². The number of amides is 2. The van der Waals surface area contributed by atoms with E-state index in [9.17, 15) is 9.59 Å². The zero-order valence-corrected chi connectivity index (χ0v) is 9.81.